The van der Waals surface area contributed by atoms with Crippen molar-refractivity contribution in [2.75, 3.05) is 39.6 Å². The highest BCUT2D eigenvalue weighted by Crippen LogP contribution is 2.45. The Morgan fingerprint density at radius 3 is 0.731 bits per heavy atom. The van der Waals surface area contributed by atoms with Crippen molar-refractivity contribution in [1.29, 1.82) is 0 Å². The zero-order valence-electron chi connectivity index (χ0n) is 60.4. The van der Waals surface area contributed by atoms with Crippen molar-refractivity contribution < 1.29 is 80.2 Å². The largest absolute Gasteiger partial charge is 0.472 e. The molecular formula is C74H144O17P2. The maximum atomic E-state index is 13.1. The summed E-state index contributed by atoms with van der Waals surface area (Å²) in [6, 6.07) is 0. The second-order valence-electron chi connectivity index (χ2n) is 27.2. The summed E-state index contributed by atoms with van der Waals surface area (Å²) in [4.78, 5) is 72.7. The molecule has 2 unspecified atom stereocenters. The summed E-state index contributed by atoms with van der Waals surface area (Å²) in [7, 11) is -9.91. The normalized spacial score (nSPS) is 14.0. The minimum Gasteiger partial charge on any atom is -0.462 e. The van der Waals surface area contributed by atoms with Crippen LogP contribution in [-0.4, -0.2) is 96.7 Å². The molecule has 0 rings (SSSR count). The smallest absolute Gasteiger partial charge is 0.462 e. The maximum Gasteiger partial charge on any atom is 0.472 e. The Balaban J connectivity index is 5.26. The SMILES string of the molecule is CCCCCCCCCCCCCCCCC(=O)OC[C@H](COP(=O)(O)OC[C@@H](O)COP(=O)(O)OC[C@@H](COC(=O)CCCCCCCCCCCCC)OC(=O)CCCCCCCCCCCCCCCC)OC(=O)CCCCCCCCCCCCCC(C)C. The van der Waals surface area contributed by atoms with Gasteiger partial charge < -0.3 is 33.8 Å². The van der Waals surface area contributed by atoms with Gasteiger partial charge in [0, 0.05) is 25.7 Å². The first kappa shape index (κ1) is 91.1. The Hall–Kier alpha value is -1.94. The second-order valence-corrected chi connectivity index (χ2v) is 30.1. The van der Waals surface area contributed by atoms with Gasteiger partial charge in [-0.1, -0.05) is 336 Å². The molecule has 0 aliphatic rings. The highest BCUT2D eigenvalue weighted by molar-refractivity contribution is 7.47. The third-order valence-electron chi connectivity index (χ3n) is 17.3. The average Bonchev–Trinajstić information content (AvgIpc) is 2.98. The molecule has 17 nitrogen and oxygen atoms in total. The molecule has 0 bridgehead atoms. The molecule has 3 N–H and O–H groups in total. The standard InChI is InChI=1S/C74H144O17P2/c1-6-9-12-15-18-21-24-26-28-33-38-43-48-53-58-72(77)85-64-70(91-74(79)60-55-50-45-40-35-30-32-36-41-46-51-56-67(4)5)66-89-93(82,83)87-62-68(75)61-86-92(80,81)88-65-69(63-84-71(76)57-52-47-42-37-31-23-20-17-14-11-8-3)90-73(78)59-54-49-44-39-34-29-27-25-22-19-16-13-10-7-2/h67-70,75H,6-66H2,1-5H3,(H,80,81)(H,82,83)/t68-,69+,70+/m0/s1. The molecule has 552 valence electrons. The van der Waals surface area contributed by atoms with Crippen molar-refractivity contribution in [3.63, 3.8) is 0 Å². The molecule has 0 fully saturated rings. The lowest BCUT2D eigenvalue weighted by molar-refractivity contribution is -0.161. The van der Waals surface area contributed by atoms with Gasteiger partial charge in [-0.3, -0.25) is 37.3 Å². The number of carbonyl (C=O) groups excluding carboxylic acids is 4. The number of unbranched alkanes of at least 4 members (excludes halogenated alkanes) is 46. The number of aliphatic hydroxyl groups excluding tert-OH is 1. The molecule has 0 aromatic heterocycles. The van der Waals surface area contributed by atoms with Crippen LogP contribution < -0.4 is 0 Å². The fourth-order valence-corrected chi connectivity index (χ4v) is 12.9. The molecule has 19 heteroatoms. The van der Waals surface area contributed by atoms with Gasteiger partial charge in [-0.25, -0.2) is 9.13 Å². The number of rotatable bonds is 74. The zero-order valence-corrected chi connectivity index (χ0v) is 62.2. The highest BCUT2D eigenvalue weighted by Gasteiger charge is 2.30. The Morgan fingerprint density at radius 1 is 0.290 bits per heavy atom. The first-order chi connectivity index (χ1) is 45.0. The minimum atomic E-state index is -4.95. The molecule has 0 radical (unpaired) electrons. The number of phosphoric acid groups is 2. The van der Waals surface area contributed by atoms with E-state index in [1.807, 2.05) is 0 Å². The molecule has 0 saturated heterocycles. The summed E-state index contributed by atoms with van der Waals surface area (Å²) in [6.45, 7) is 7.29. The third kappa shape index (κ3) is 68.4. The summed E-state index contributed by atoms with van der Waals surface area (Å²) in [6.07, 6.45) is 55.2. The van der Waals surface area contributed by atoms with Crippen LogP contribution in [0.4, 0.5) is 0 Å². The van der Waals surface area contributed by atoms with Crippen LogP contribution in [0, 0.1) is 5.92 Å². The van der Waals surface area contributed by atoms with Gasteiger partial charge in [0.05, 0.1) is 26.4 Å². The van der Waals surface area contributed by atoms with Crippen LogP contribution in [0.3, 0.4) is 0 Å². The Morgan fingerprint density at radius 2 is 0.495 bits per heavy atom. The summed E-state index contributed by atoms with van der Waals surface area (Å²) >= 11 is 0. The van der Waals surface area contributed by atoms with Crippen molar-refractivity contribution in [1.82, 2.24) is 0 Å². The monoisotopic (exact) mass is 1370 g/mol. The van der Waals surface area contributed by atoms with Crippen molar-refractivity contribution in [3.05, 3.63) is 0 Å². The van der Waals surface area contributed by atoms with E-state index >= 15 is 0 Å². The lowest BCUT2D eigenvalue weighted by Gasteiger charge is -2.21. The predicted octanol–water partition coefficient (Wildman–Crippen LogP) is 21.7. The van der Waals surface area contributed by atoms with E-state index in [-0.39, 0.29) is 25.7 Å². The van der Waals surface area contributed by atoms with E-state index in [0.717, 1.165) is 95.8 Å². The summed E-state index contributed by atoms with van der Waals surface area (Å²) in [5, 5.41) is 10.6. The lowest BCUT2D eigenvalue weighted by atomic mass is 10.0. The predicted molar refractivity (Wildman–Crippen MR) is 377 cm³/mol. The van der Waals surface area contributed by atoms with E-state index in [4.69, 9.17) is 37.0 Å². The first-order valence-corrected chi connectivity index (χ1v) is 41.6. The number of phosphoric ester groups is 2. The van der Waals surface area contributed by atoms with E-state index in [1.54, 1.807) is 0 Å². The van der Waals surface area contributed by atoms with E-state index in [9.17, 15) is 43.2 Å². The zero-order chi connectivity index (χ0) is 68.4. The topological polar surface area (TPSA) is 237 Å². The molecule has 0 aromatic carbocycles. The molecule has 0 amide bonds. The summed E-state index contributed by atoms with van der Waals surface area (Å²) < 4.78 is 68.5. The van der Waals surface area contributed by atoms with Crippen molar-refractivity contribution in [2.24, 2.45) is 5.92 Å². The van der Waals surface area contributed by atoms with Crippen molar-refractivity contribution in [2.45, 2.75) is 406 Å². The molecule has 0 aliphatic carbocycles. The Labute approximate surface area is 568 Å². The van der Waals surface area contributed by atoms with Gasteiger partial charge in [0.2, 0.25) is 0 Å². The second kappa shape index (κ2) is 67.3. The van der Waals surface area contributed by atoms with Crippen LogP contribution in [0.5, 0.6) is 0 Å². The molecule has 0 aliphatic heterocycles. The van der Waals surface area contributed by atoms with Crippen LogP contribution in [0.25, 0.3) is 0 Å². The molecular weight excluding hydrogens is 1220 g/mol. The van der Waals surface area contributed by atoms with E-state index in [0.29, 0.717) is 25.7 Å². The quantitative estimate of drug-likeness (QED) is 0.0222. The maximum absolute atomic E-state index is 13.1. The molecule has 0 heterocycles. The fraction of sp³-hybridized carbons (Fsp3) is 0.946. The number of ether oxygens (including phenoxy) is 4. The number of hydrogen-bond acceptors (Lipinski definition) is 15. The van der Waals surface area contributed by atoms with Gasteiger partial charge in [-0.05, 0) is 31.6 Å². The minimum absolute atomic E-state index is 0.107. The van der Waals surface area contributed by atoms with Gasteiger partial charge in [0.25, 0.3) is 0 Å². The number of esters is 4. The number of hydrogen-bond donors (Lipinski definition) is 3. The fourth-order valence-electron chi connectivity index (χ4n) is 11.4. The summed E-state index contributed by atoms with van der Waals surface area (Å²) in [5.74, 6) is -1.35. The third-order valence-corrected chi connectivity index (χ3v) is 19.2. The van der Waals surface area contributed by atoms with Crippen LogP contribution in [-0.2, 0) is 65.4 Å². The first-order valence-electron chi connectivity index (χ1n) is 38.6. The van der Waals surface area contributed by atoms with Crippen molar-refractivity contribution in [3.8, 4) is 0 Å². The summed E-state index contributed by atoms with van der Waals surface area (Å²) in [5.41, 5.74) is 0. The van der Waals surface area contributed by atoms with Gasteiger partial charge in [-0.15, -0.1) is 0 Å². The number of carbonyl (C=O) groups is 4. The van der Waals surface area contributed by atoms with Gasteiger partial charge >= 0.3 is 39.5 Å². The van der Waals surface area contributed by atoms with Crippen LogP contribution in [0.2, 0.25) is 0 Å². The van der Waals surface area contributed by atoms with E-state index in [2.05, 4.69) is 34.6 Å². The Kier molecular flexibility index (Phi) is 65.9. The lowest BCUT2D eigenvalue weighted by Crippen LogP contribution is -2.30. The molecule has 0 spiro atoms. The Bertz CT molecular complexity index is 1790. The highest BCUT2D eigenvalue weighted by atomic mass is 31.2. The van der Waals surface area contributed by atoms with Crippen LogP contribution in [0.15, 0.2) is 0 Å². The number of aliphatic hydroxyl groups is 1. The average molecular weight is 1370 g/mol. The van der Waals surface area contributed by atoms with E-state index < -0.39 is 97.5 Å². The molecule has 5 atom stereocenters. The van der Waals surface area contributed by atoms with Gasteiger partial charge in [0.15, 0.2) is 12.2 Å². The van der Waals surface area contributed by atoms with E-state index in [1.165, 1.54) is 212 Å². The van der Waals surface area contributed by atoms with Crippen LogP contribution in [0.1, 0.15) is 388 Å². The van der Waals surface area contributed by atoms with Gasteiger partial charge in [0.1, 0.15) is 19.3 Å². The molecule has 0 saturated carbocycles. The van der Waals surface area contributed by atoms with Crippen molar-refractivity contribution >= 4 is 39.5 Å². The van der Waals surface area contributed by atoms with Crippen LogP contribution >= 0.6 is 15.6 Å². The van der Waals surface area contributed by atoms with Gasteiger partial charge in [-0.2, -0.15) is 0 Å². The molecule has 93 heavy (non-hydrogen) atoms. The molecule has 0 aromatic rings.